The molecular weight excluding hydrogens is 642 g/mol. The van der Waals surface area contributed by atoms with E-state index in [0.29, 0.717) is 31.2 Å². The van der Waals surface area contributed by atoms with Gasteiger partial charge < -0.3 is 24.5 Å². The predicted octanol–water partition coefficient (Wildman–Crippen LogP) is 4.47. The molecule has 5 aliphatic rings. The van der Waals surface area contributed by atoms with Gasteiger partial charge in [-0.3, -0.25) is 24.6 Å². The average Bonchev–Trinajstić information content (AvgIpc) is 3.46. The Morgan fingerprint density at radius 1 is 0.765 bits per heavy atom. The third kappa shape index (κ3) is 5.77. The quantitative estimate of drug-likeness (QED) is 0.287. The fourth-order valence-electron chi connectivity index (χ4n) is 8.69. The van der Waals surface area contributed by atoms with Crippen molar-refractivity contribution < 1.29 is 24.2 Å². The molecule has 4 aromatic carbocycles. The zero-order valence-electron chi connectivity index (χ0n) is 28.4. The van der Waals surface area contributed by atoms with Crippen LogP contribution < -0.4 is 19.9 Å². The van der Waals surface area contributed by atoms with Crippen LogP contribution in [0.2, 0.25) is 0 Å². The number of hydrogen-bond donors (Lipinski definition) is 2. The van der Waals surface area contributed by atoms with Crippen molar-refractivity contribution >= 4 is 29.1 Å². The van der Waals surface area contributed by atoms with Crippen LogP contribution in [-0.4, -0.2) is 90.6 Å². The molecule has 0 saturated carbocycles. The van der Waals surface area contributed by atoms with Gasteiger partial charge in [0, 0.05) is 98.7 Å². The van der Waals surface area contributed by atoms with E-state index >= 15 is 0 Å². The number of imide groups is 1. The molecule has 0 spiro atoms. The van der Waals surface area contributed by atoms with Crippen molar-refractivity contribution in [2.45, 2.75) is 43.3 Å². The molecule has 51 heavy (non-hydrogen) atoms. The molecule has 10 nitrogen and oxygen atoms in total. The molecule has 3 saturated heterocycles. The molecule has 3 atom stereocenters. The SMILES string of the molecule is O=C1CCC(N2Cc3cc(N4CC(N5CCN(c6ccc([C@H]7c8ccc(O)cc8OC[C@H]7c7ccccc7)cc6)CC5)C4)ccc3C2=O)C(=O)N1. The second kappa shape index (κ2) is 12.8. The Labute approximate surface area is 297 Å². The summed E-state index contributed by atoms with van der Waals surface area (Å²) in [7, 11) is 0. The second-order valence-electron chi connectivity index (χ2n) is 14.4. The summed E-state index contributed by atoms with van der Waals surface area (Å²) < 4.78 is 6.16. The lowest BCUT2D eigenvalue weighted by Gasteiger charge is -2.49. The molecule has 0 radical (unpaired) electrons. The highest BCUT2D eigenvalue weighted by Crippen LogP contribution is 2.47. The molecule has 260 valence electrons. The van der Waals surface area contributed by atoms with Gasteiger partial charge >= 0.3 is 0 Å². The molecule has 0 aliphatic carbocycles. The number of rotatable bonds is 6. The minimum atomic E-state index is -0.594. The lowest BCUT2D eigenvalue weighted by Crippen LogP contribution is -2.63. The van der Waals surface area contributed by atoms with Crippen LogP contribution in [0.25, 0.3) is 0 Å². The van der Waals surface area contributed by atoms with E-state index in [9.17, 15) is 19.5 Å². The normalized spacial score (nSPS) is 23.7. The number of phenolic OH excluding ortho intramolecular Hbond substituents is 1. The van der Waals surface area contributed by atoms with Crippen molar-refractivity contribution in [1.29, 1.82) is 0 Å². The number of aromatic hydroxyl groups is 1. The number of fused-ring (bicyclic) bond motifs is 2. The van der Waals surface area contributed by atoms with Crippen molar-refractivity contribution in [3.63, 3.8) is 0 Å². The Morgan fingerprint density at radius 3 is 2.29 bits per heavy atom. The van der Waals surface area contributed by atoms with Crippen LogP contribution in [0, 0.1) is 0 Å². The van der Waals surface area contributed by atoms with Crippen molar-refractivity contribution in [1.82, 2.24) is 15.1 Å². The minimum Gasteiger partial charge on any atom is -0.508 e. The summed E-state index contributed by atoms with van der Waals surface area (Å²) in [6, 6.07) is 31.0. The van der Waals surface area contributed by atoms with Crippen molar-refractivity contribution in [3.8, 4) is 11.5 Å². The molecule has 3 fully saturated rings. The van der Waals surface area contributed by atoms with Gasteiger partial charge in [0.05, 0.1) is 6.61 Å². The monoisotopic (exact) mass is 683 g/mol. The summed E-state index contributed by atoms with van der Waals surface area (Å²) >= 11 is 0. The first-order valence-corrected chi connectivity index (χ1v) is 18.0. The number of carbonyl (C=O) groups excluding carboxylic acids is 3. The van der Waals surface area contributed by atoms with Crippen molar-refractivity contribution in [2.24, 2.45) is 0 Å². The Bertz CT molecular complexity index is 1990. The van der Waals surface area contributed by atoms with E-state index in [-0.39, 0.29) is 41.7 Å². The summed E-state index contributed by atoms with van der Waals surface area (Å²) in [5, 5.41) is 12.5. The minimum absolute atomic E-state index is 0.125. The largest absolute Gasteiger partial charge is 0.508 e. The van der Waals surface area contributed by atoms with E-state index in [1.807, 2.05) is 24.3 Å². The Balaban J connectivity index is 0.817. The number of nitrogens with zero attached hydrogens (tertiary/aromatic N) is 4. The molecule has 5 heterocycles. The average molecular weight is 684 g/mol. The summed E-state index contributed by atoms with van der Waals surface area (Å²) in [6.45, 7) is 6.81. The Hall–Kier alpha value is -5.35. The first kappa shape index (κ1) is 31.6. The molecule has 2 N–H and O–H groups in total. The molecule has 5 aliphatic heterocycles. The maximum Gasteiger partial charge on any atom is 0.255 e. The number of ether oxygens (including phenoxy) is 1. The van der Waals surface area contributed by atoms with Crippen LogP contribution >= 0.6 is 0 Å². The highest BCUT2D eigenvalue weighted by atomic mass is 16.5. The van der Waals surface area contributed by atoms with Crippen LogP contribution in [0.5, 0.6) is 11.5 Å². The second-order valence-corrected chi connectivity index (χ2v) is 14.4. The fraction of sp³-hybridized carbons (Fsp3) is 0.341. The number of piperidine rings is 1. The Kier molecular flexibility index (Phi) is 7.91. The van der Waals surface area contributed by atoms with Gasteiger partial charge in [0.1, 0.15) is 17.5 Å². The number of piperazine rings is 1. The third-order valence-corrected chi connectivity index (χ3v) is 11.6. The van der Waals surface area contributed by atoms with Crippen LogP contribution in [0.3, 0.4) is 0 Å². The number of carbonyl (C=O) groups is 3. The summed E-state index contributed by atoms with van der Waals surface area (Å²) in [4.78, 5) is 46.2. The zero-order valence-corrected chi connectivity index (χ0v) is 28.4. The van der Waals surface area contributed by atoms with E-state index in [4.69, 9.17) is 4.74 Å². The van der Waals surface area contributed by atoms with Crippen LogP contribution in [0.15, 0.2) is 91.0 Å². The van der Waals surface area contributed by atoms with Gasteiger partial charge in [0.25, 0.3) is 5.91 Å². The summed E-state index contributed by atoms with van der Waals surface area (Å²) in [6.07, 6.45) is 0.628. The molecule has 0 bridgehead atoms. The smallest absolute Gasteiger partial charge is 0.255 e. The van der Waals surface area contributed by atoms with Gasteiger partial charge in [0.2, 0.25) is 11.8 Å². The van der Waals surface area contributed by atoms with E-state index in [1.54, 1.807) is 17.0 Å². The highest BCUT2D eigenvalue weighted by molar-refractivity contribution is 6.05. The van der Waals surface area contributed by atoms with Crippen LogP contribution in [0.4, 0.5) is 11.4 Å². The van der Waals surface area contributed by atoms with Crippen molar-refractivity contribution in [2.75, 3.05) is 55.7 Å². The van der Waals surface area contributed by atoms with E-state index in [2.05, 4.69) is 74.6 Å². The molecule has 0 aromatic heterocycles. The van der Waals surface area contributed by atoms with Gasteiger partial charge in [-0.15, -0.1) is 0 Å². The highest BCUT2D eigenvalue weighted by Gasteiger charge is 2.40. The number of anilines is 2. The van der Waals surface area contributed by atoms with Gasteiger partial charge in [-0.2, -0.15) is 0 Å². The van der Waals surface area contributed by atoms with Crippen LogP contribution in [0.1, 0.15) is 57.3 Å². The van der Waals surface area contributed by atoms with Gasteiger partial charge in [-0.05, 0) is 59.5 Å². The molecular formula is C41H41N5O5. The molecule has 3 amide bonds. The number of benzene rings is 4. The number of hydrogen-bond acceptors (Lipinski definition) is 8. The van der Waals surface area contributed by atoms with E-state index in [0.717, 1.165) is 61.8 Å². The van der Waals surface area contributed by atoms with E-state index < -0.39 is 6.04 Å². The first-order chi connectivity index (χ1) is 24.9. The number of amides is 3. The number of phenols is 1. The predicted molar refractivity (Wildman–Crippen MR) is 193 cm³/mol. The number of nitrogens with one attached hydrogen (secondary N) is 1. The van der Waals surface area contributed by atoms with Crippen LogP contribution in [-0.2, 0) is 16.1 Å². The summed E-state index contributed by atoms with van der Waals surface area (Å²) in [5.41, 5.74) is 7.54. The lowest BCUT2D eigenvalue weighted by atomic mass is 9.76. The standard InChI is InChI=1S/C41H41N5O5/c47-32-11-13-34-37(21-32)51-25-35(26-4-2-1-3-5-26)39(34)27-6-8-29(9-7-27)43-16-18-44(19-17-43)31-23-45(24-31)30-10-12-33-28(20-30)22-46(41(33)50)36-14-15-38(48)42-40(36)49/h1-13,20-21,31,35-36,39,47H,14-19,22-25H2,(H,42,48,49)/t35-,36?,39-/m0/s1. The third-order valence-electron chi connectivity index (χ3n) is 11.6. The molecule has 1 unspecified atom stereocenters. The summed E-state index contributed by atoms with van der Waals surface area (Å²) in [5.74, 6) is 0.484. The zero-order chi connectivity index (χ0) is 34.6. The van der Waals surface area contributed by atoms with Gasteiger partial charge in [-0.1, -0.05) is 48.5 Å². The fourth-order valence-corrected chi connectivity index (χ4v) is 8.69. The van der Waals surface area contributed by atoms with Crippen molar-refractivity contribution in [3.05, 3.63) is 119 Å². The molecule has 10 heteroatoms. The maximum absolute atomic E-state index is 13.1. The van der Waals surface area contributed by atoms with E-state index in [1.165, 1.54) is 16.8 Å². The first-order valence-electron chi connectivity index (χ1n) is 18.0. The van der Waals surface area contributed by atoms with Gasteiger partial charge in [0.15, 0.2) is 0 Å². The Morgan fingerprint density at radius 2 is 1.53 bits per heavy atom. The lowest BCUT2D eigenvalue weighted by molar-refractivity contribution is -0.136. The van der Waals surface area contributed by atoms with Gasteiger partial charge in [-0.25, -0.2) is 0 Å². The molecule has 9 rings (SSSR count). The molecule has 4 aromatic rings. The topological polar surface area (TPSA) is 106 Å². The maximum atomic E-state index is 13.1.